The molecule has 0 spiro atoms. The normalized spacial score (nSPS) is 30.0. The Morgan fingerprint density at radius 1 is 1.16 bits per heavy atom. The molecule has 1 aliphatic heterocycles. The molecule has 1 aromatic carbocycles. The van der Waals surface area contributed by atoms with Gasteiger partial charge in [0, 0.05) is 36.3 Å². The topological polar surface area (TPSA) is 76.1 Å². The van der Waals surface area contributed by atoms with Gasteiger partial charge in [-0.15, -0.1) is 0 Å². The summed E-state index contributed by atoms with van der Waals surface area (Å²) in [6.45, 7) is 12.8. The molecule has 1 aliphatic rings. The van der Waals surface area contributed by atoms with Gasteiger partial charge in [0.05, 0.1) is 0 Å². The number of piperidine rings is 1. The molecule has 0 radical (unpaired) electrons. The molecule has 31 heavy (non-hydrogen) atoms. The van der Waals surface area contributed by atoms with Gasteiger partial charge in [0.15, 0.2) is 0 Å². The lowest BCUT2D eigenvalue weighted by Gasteiger charge is -2.59. The van der Waals surface area contributed by atoms with E-state index in [1.54, 1.807) is 0 Å². The molecule has 1 heterocycles. The summed E-state index contributed by atoms with van der Waals surface area (Å²) >= 11 is 0. The summed E-state index contributed by atoms with van der Waals surface area (Å²) in [5, 5.41) is 11.0. The van der Waals surface area contributed by atoms with Gasteiger partial charge in [-0.25, -0.2) is 0 Å². The molecule has 1 saturated heterocycles. The van der Waals surface area contributed by atoms with Gasteiger partial charge in [-0.2, -0.15) is 5.06 Å². The molecule has 2 rings (SSSR count). The van der Waals surface area contributed by atoms with Crippen molar-refractivity contribution in [2.24, 2.45) is 5.92 Å². The molecule has 0 amide bonds. The minimum Gasteiger partial charge on any atom is -0.481 e. The third-order valence-electron chi connectivity index (χ3n) is 7.20. The Morgan fingerprint density at radius 2 is 1.81 bits per heavy atom. The van der Waals surface area contributed by atoms with E-state index >= 15 is 0 Å². The van der Waals surface area contributed by atoms with Crippen molar-refractivity contribution < 1.29 is 24.3 Å². The Balaban J connectivity index is 2.21. The van der Waals surface area contributed by atoms with Gasteiger partial charge in [0.2, 0.25) is 0 Å². The summed E-state index contributed by atoms with van der Waals surface area (Å²) in [6.07, 6.45) is 2.45. The predicted octanol–water partition coefficient (Wildman–Crippen LogP) is 5.53. The van der Waals surface area contributed by atoms with E-state index in [0.29, 0.717) is 12.8 Å². The summed E-state index contributed by atoms with van der Waals surface area (Å²) in [4.78, 5) is 29.8. The molecule has 0 saturated carbocycles. The Labute approximate surface area is 186 Å². The van der Waals surface area contributed by atoms with Crippen LogP contribution in [0.2, 0.25) is 0 Å². The lowest BCUT2D eigenvalue weighted by molar-refractivity contribution is -0.336. The van der Waals surface area contributed by atoms with Crippen LogP contribution in [-0.2, 0) is 19.2 Å². The van der Waals surface area contributed by atoms with Gasteiger partial charge in [0.25, 0.3) is 0 Å². The monoisotopic (exact) mass is 433 g/mol. The molecular formula is C25H39NO5. The number of hydrogen-bond donors (Lipinski definition) is 1. The number of nitrogens with zero attached hydrogens (tertiary/aromatic N) is 1. The second kappa shape index (κ2) is 10.6. The maximum absolute atomic E-state index is 12.4. The van der Waals surface area contributed by atoms with Crippen LogP contribution in [-0.4, -0.2) is 39.3 Å². The number of hydroxylamine groups is 2. The number of carboxylic acid groups (broad SMARTS) is 1. The van der Waals surface area contributed by atoms with Gasteiger partial charge >= 0.3 is 11.9 Å². The van der Waals surface area contributed by atoms with Gasteiger partial charge < -0.3 is 9.84 Å². The first-order valence-corrected chi connectivity index (χ1v) is 11.5. The Hall–Kier alpha value is -1.92. The van der Waals surface area contributed by atoms with Crippen LogP contribution in [0.1, 0.15) is 91.7 Å². The van der Waals surface area contributed by atoms with E-state index in [1.165, 1.54) is 0 Å². The highest BCUT2D eigenvalue weighted by atomic mass is 16.7. The van der Waals surface area contributed by atoms with E-state index in [4.69, 9.17) is 14.7 Å². The fraction of sp³-hybridized carbons (Fsp3) is 0.680. The minimum absolute atomic E-state index is 0.0202. The summed E-state index contributed by atoms with van der Waals surface area (Å²) in [5.41, 5.74) is 0.503. The van der Waals surface area contributed by atoms with Gasteiger partial charge in [-0.3, -0.25) is 14.4 Å². The SMILES string of the molecule is CCC1(C)CC(OC(=O)CCCC(=O)O)C(C)C(C)(CC)N1OC(C)c1ccccc1. The van der Waals surface area contributed by atoms with E-state index < -0.39 is 5.97 Å². The van der Waals surface area contributed by atoms with Crippen LogP contribution in [0.4, 0.5) is 0 Å². The van der Waals surface area contributed by atoms with E-state index in [1.807, 2.05) is 18.2 Å². The van der Waals surface area contributed by atoms with Crippen molar-refractivity contribution in [2.75, 3.05) is 0 Å². The number of esters is 1. The summed E-state index contributed by atoms with van der Waals surface area (Å²) in [6, 6.07) is 10.2. The number of aliphatic carboxylic acids is 1. The van der Waals surface area contributed by atoms with Crippen LogP contribution in [0.5, 0.6) is 0 Å². The van der Waals surface area contributed by atoms with E-state index in [0.717, 1.165) is 18.4 Å². The third-order valence-corrected chi connectivity index (χ3v) is 7.20. The Kier molecular flexibility index (Phi) is 8.66. The van der Waals surface area contributed by atoms with Crippen molar-refractivity contribution in [3.8, 4) is 0 Å². The van der Waals surface area contributed by atoms with Crippen LogP contribution in [0.25, 0.3) is 0 Å². The number of carbonyl (C=O) groups excluding carboxylic acids is 1. The average molecular weight is 434 g/mol. The van der Waals surface area contributed by atoms with Crippen molar-refractivity contribution in [1.29, 1.82) is 0 Å². The standard InChI is InChI=1S/C25H39NO5/c1-7-24(5)17-21(30-23(29)16-12-15-22(27)28)18(3)25(6,8-2)26(24)31-19(4)20-13-10-9-11-14-20/h9-11,13-14,18-19,21H,7-8,12,15-17H2,1-6H3,(H,27,28). The fourth-order valence-electron chi connectivity index (χ4n) is 4.59. The van der Waals surface area contributed by atoms with Crippen LogP contribution in [0, 0.1) is 5.92 Å². The van der Waals surface area contributed by atoms with Crippen molar-refractivity contribution in [3.63, 3.8) is 0 Å². The Morgan fingerprint density at radius 3 is 2.35 bits per heavy atom. The number of carbonyl (C=O) groups is 2. The molecule has 0 aliphatic carbocycles. The lowest BCUT2D eigenvalue weighted by atomic mass is 9.69. The van der Waals surface area contributed by atoms with E-state index in [9.17, 15) is 9.59 Å². The molecule has 5 unspecified atom stereocenters. The van der Waals surface area contributed by atoms with Gasteiger partial charge in [-0.05, 0) is 45.6 Å². The number of ether oxygens (including phenoxy) is 1. The predicted molar refractivity (Wildman–Crippen MR) is 120 cm³/mol. The first kappa shape index (κ1) is 25.3. The van der Waals surface area contributed by atoms with Gasteiger partial charge in [0.1, 0.15) is 12.2 Å². The number of benzene rings is 1. The van der Waals surface area contributed by atoms with Crippen molar-refractivity contribution in [3.05, 3.63) is 35.9 Å². The molecule has 6 heteroatoms. The van der Waals surface area contributed by atoms with Crippen LogP contribution >= 0.6 is 0 Å². The first-order valence-electron chi connectivity index (χ1n) is 11.5. The molecule has 1 fully saturated rings. The maximum Gasteiger partial charge on any atom is 0.306 e. The first-order chi connectivity index (χ1) is 14.6. The van der Waals surface area contributed by atoms with Crippen LogP contribution in [0.3, 0.4) is 0 Å². The minimum atomic E-state index is -0.892. The number of rotatable bonds is 10. The summed E-state index contributed by atoms with van der Waals surface area (Å²) in [5.74, 6) is -1.15. The highest BCUT2D eigenvalue weighted by Crippen LogP contribution is 2.48. The molecule has 174 valence electrons. The highest BCUT2D eigenvalue weighted by molar-refractivity contribution is 5.71. The van der Waals surface area contributed by atoms with Crippen molar-refractivity contribution >= 4 is 11.9 Å². The average Bonchev–Trinajstić information content (AvgIpc) is 2.75. The molecule has 0 bridgehead atoms. The Bertz CT molecular complexity index is 739. The smallest absolute Gasteiger partial charge is 0.306 e. The van der Waals surface area contributed by atoms with E-state index in [2.05, 4.69) is 58.7 Å². The van der Waals surface area contributed by atoms with Crippen LogP contribution < -0.4 is 0 Å². The third kappa shape index (κ3) is 5.86. The molecule has 0 aromatic heterocycles. The number of hydrogen-bond acceptors (Lipinski definition) is 5. The molecule has 5 atom stereocenters. The lowest BCUT2D eigenvalue weighted by Crippen LogP contribution is -2.68. The largest absolute Gasteiger partial charge is 0.481 e. The van der Waals surface area contributed by atoms with Crippen LogP contribution in [0.15, 0.2) is 30.3 Å². The highest BCUT2D eigenvalue weighted by Gasteiger charge is 2.55. The molecule has 6 nitrogen and oxygen atoms in total. The zero-order chi connectivity index (χ0) is 23.2. The summed E-state index contributed by atoms with van der Waals surface area (Å²) < 4.78 is 5.90. The van der Waals surface area contributed by atoms with Gasteiger partial charge in [-0.1, -0.05) is 51.1 Å². The summed E-state index contributed by atoms with van der Waals surface area (Å²) in [7, 11) is 0. The zero-order valence-corrected chi connectivity index (χ0v) is 19.9. The molecular weight excluding hydrogens is 394 g/mol. The van der Waals surface area contributed by atoms with Crippen molar-refractivity contribution in [1.82, 2.24) is 5.06 Å². The molecule has 1 N–H and O–H groups in total. The zero-order valence-electron chi connectivity index (χ0n) is 19.9. The maximum atomic E-state index is 12.4. The number of carboxylic acids is 1. The second-order valence-corrected chi connectivity index (χ2v) is 9.28. The fourth-order valence-corrected chi connectivity index (χ4v) is 4.59. The molecule has 1 aromatic rings. The van der Waals surface area contributed by atoms with E-state index in [-0.39, 0.29) is 48.0 Å². The second-order valence-electron chi connectivity index (χ2n) is 9.28. The van der Waals surface area contributed by atoms with Crippen molar-refractivity contribution in [2.45, 2.75) is 103 Å². The quantitative estimate of drug-likeness (QED) is 0.489.